The summed E-state index contributed by atoms with van der Waals surface area (Å²) in [7, 11) is 0. The van der Waals surface area contributed by atoms with Crippen LogP contribution in [0.2, 0.25) is 0 Å². The highest BCUT2D eigenvalue weighted by atomic mass is 16.3. The van der Waals surface area contributed by atoms with E-state index in [1.54, 1.807) is 0 Å². The van der Waals surface area contributed by atoms with Crippen LogP contribution in [0.3, 0.4) is 0 Å². The average Bonchev–Trinajstić information content (AvgIpc) is 3.05. The Kier molecular flexibility index (Phi) is 2.78. The van der Waals surface area contributed by atoms with E-state index in [0.717, 1.165) is 35.9 Å². The number of nitrogens with zero attached hydrogens (tertiary/aromatic N) is 1. The minimum Gasteiger partial charge on any atom is -0.441 e. The van der Waals surface area contributed by atoms with Crippen LogP contribution in [0.1, 0.15) is 30.7 Å². The van der Waals surface area contributed by atoms with Gasteiger partial charge < -0.3 is 9.73 Å². The quantitative estimate of drug-likeness (QED) is 0.898. The number of nitrogens with one attached hydrogen (secondary N) is 1. The highest BCUT2D eigenvalue weighted by Gasteiger charge is 2.22. The molecule has 1 fully saturated rings. The Morgan fingerprint density at radius 3 is 3.11 bits per heavy atom. The lowest BCUT2D eigenvalue weighted by molar-refractivity contribution is -0.121. The Hall–Kier alpha value is -1.84. The maximum atomic E-state index is 11.6. The van der Waals surface area contributed by atoms with Gasteiger partial charge in [0, 0.05) is 19.4 Å². The van der Waals surface area contributed by atoms with Gasteiger partial charge in [-0.1, -0.05) is 6.07 Å². The van der Waals surface area contributed by atoms with Crippen molar-refractivity contribution in [3.05, 3.63) is 29.7 Å². The number of fused-ring (bicyclic) bond motifs is 1. The van der Waals surface area contributed by atoms with E-state index in [-0.39, 0.29) is 5.91 Å². The molecule has 4 heteroatoms. The molecule has 0 radical (unpaired) electrons. The summed E-state index contributed by atoms with van der Waals surface area (Å²) in [5.41, 5.74) is 2.80. The van der Waals surface area contributed by atoms with E-state index in [0.29, 0.717) is 18.4 Å². The minimum atomic E-state index is 0.147. The first-order valence-corrected chi connectivity index (χ1v) is 6.36. The van der Waals surface area contributed by atoms with Gasteiger partial charge in [0.1, 0.15) is 5.52 Å². The molecular weight excluding hydrogens is 228 g/mol. The maximum Gasteiger partial charge on any atom is 0.220 e. The minimum absolute atomic E-state index is 0.147. The van der Waals surface area contributed by atoms with Gasteiger partial charge in [0.25, 0.3) is 0 Å². The molecule has 4 nitrogen and oxygen atoms in total. The third-order valence-electron chi connectivity index (χ3n) is 3.14. The molecule has 0 unspecified atom stereocenters. The van der Waals surface area contributed by atoms with E-state index in [1.807, 2.05) is 25.1 Å². The van der Waals surface area contributed by atoms with E-state index >= 15 is 0 Å². The van der Waals surface area contributed by atoms with Crippen molar-refractivity contribution in [3.63, 3.8) is 0 Å². The molecule has 0 saturated heterocycles. The number of hydrogen-bond acceptors (Lipinski definition) is 3. The fraction of sp³-hybridized carbons (Fsp3) is 0.429. The number of aromatic nitrogens is 1. The van der Waals surface area contributed by atoms with E-state index in [9.17, 15) is 4.79 Å². The lowest BCUT2D eigenvalue weighted by Gasteiger charge is -2.03. The van der Waals surface area contributed by atoms with Gasteiger partial charge in [-0.05, 0) is 37.0 Å². The molecule has 1 saturated carbocycles. The van der Waals surface area contributed by atoms with Crippen molar-refractivity contribution >= 4 is 17.0 Å². The highest BCUT2D eigenvalue weighted by molar-refractivity contribution is 5.77. The zero-order valence-corrected chi connectivity index (χ0v) is 10.4. The summed E-state index contributed by atoms with van der Waals surface area (Å²) < 4.78 is 5.42. The monoisotopic (exact) mass is 244 g/mol. The van der Waals surface area contributed by atoms with Crippen LogP contribution in [0.15, 0.2) is 22.6 Å². The predicted octanol–water partition coefficient (Wildman–Crippen LogP) is 2.35. The Bertz CT molecular complexity index is 584. The molecule has 1 aromatic heterocycles. The first kappa shape index (κ1) is 11.3. The number of rotatable bonds is 4. The number of benzene rings is 1. The number of amides is 1. The van der Waals surface area contributed by atoms with Gasteiger partial charge in [0.2, 0.25) is 5.91 Å². The molecule has 94 valence electrons. The van der Waals surface area contributed by atoms with Gasteiger partial charge in [-0.3, -0.25) is 4.79 Å². The molecule has 18 heavy (non-hydrogen) atoms. The van der Waals surface area contributed by atoms with Gasteiger partial charge >= 0.3 is 0 Å². The zero-order chi connectivity index (χ0) is 12.5. The summed E-state index contributed by atoms with van der Waals surface area (Å²) in [6.45, 7) is 1.84. The Morgan fingerprint density at radius 2 is 2.33 bits per heavy atom. The second-order valence-corrected chi connectivity index (χ2v) is 4.88. The molecule has 1 aromatic carbocycles. The van der Waals surface area contributed by atoms with Crippen molar-refractivity contribution < 1.29 is 9.21 Å². The van der Waals surface area contributed by atoms with Crippen molar-refractivity contribution in [2.75, 3.05) is 0 Å². The molecule has 0 atom stereocenters. The van der Waals surface area contributed by atoms with Crippen molar-refractivity contribution in [2.45, 2.75) is 38.6 Å². The first-order valence-electron chi connectivity index (χ1n) is 6.36. The van der Waals surface area contributed by atoms with Gasteiger partial charge in [0.15, 0.2) is 11.5 Å². The standard InChI is InChI=1S/C14H16N2O2/c1-9-15-12-8-10(2-6-13(12)18-9)3-7-14(17)16-11-4-5-11/h2,6,8,11H,3-5,7H2,1H3,(H,16,17). The smallest absolute Gasteiger partial charge is 0.220 e. The number of hydrogen-bond donors (Lipinski definition) is 1. The average molecular weight is 244 g/mol. The van der Waals surface area contributed by atoms with Gasteiger partial charge in [-0.2, -0.15) is 0 Å². The molecular formula is C14H16N2O2. The Labute approximate surface area is 105 Å². The van der Waals surface area contributed by atoms with Crippen molar-refractivity contribution in [3.8, 4) is 0 Å². The molecule has 2 aromatic rings. The van der Waals surface area contributed by atoms with Crippen LogP contribution in [0.4, 0.5) is 0 Å². The van der Waals surface area contributed by atoms with Crippen LogP contribution in [-0.2, 0) is 11.2 Å². The molecule has 1 heterocycles. The zero-order valence-electron chi connectivity index (χ0n) is 10.4. The third-order valence-corrected chi connectivity index (χ3v) is 3.14. The molecule has 1 aliphatic rings. The highest BCUT2D eigenvalue weighted by Crippen LogP contribution is 2.20. The molecule has 1 aliphatic carbocycles. The lowest BCUT2D eigenvalue weighted by atomic mass is 10.1. The topological polar surface area (TPSA) is 55.1 Å². The maximum absolute atomic E-state index is 11.6. The predicted molar refractivity (Wildman–Crippen MR) is 68.2 cm³/mol. The summed E-state index contributed by atoms with van der Waals surface area (Å²) in [6, 6.07) is 6.36. The lowest BCUT2D eigenvalue weighted by Crippen LogP contribution is -2.25. The number of carbonyl (C=O) groups excluding carboxylic acids is 1. The number of carbonyl (C=O) groups is 1. The van der Waals surface area contributed by atoms with Crippen LogP contribution in [0.25, 0.3) is 11.1 Å². The molecule has 3 rings (SSSR count). The van der Waals surface area contributed by atoms with Crippen LogP contribution < -0.4 is 5.32 Å². The summed E-state index contributed by atoms with van der Waals surface area (Å²) in [6.07, 6.45) is 3.56. The van der Waals surface area contributed by atoms with Gasteiger partial charge in [-0.25, -0.2) is 4.98 Å². The van der Waals surface area contributed by atoms with Crippen LogP contribution in [0, 0.1) is 6.92 Å². The second kappa shape index (κ2) is 4.44. The van der Waals surface area contributed by atoms with Crippen molar-refractivity contribution in [1.29, 1.82) is 0 Å². The molecule has 0 spiro atoms. The van der Waals surface area contributed by atoms with E-state index < -0.39 is 0 Å². The van der Waals surface area contributed by atoms with Gasteiger partial charge in [0.05, 0.1) is 0 Å². The van der Waals surface area contributed by atoms with Crippen LogP contribution in [-0.4, -0.2) is 16.9 Å². The normalized spacial score (nSPS) is 14.9. The molecule has 1 N–H and O–H groups in total. The van der Waals surface area contributed by atoms with E-state index in [4.69, 9.17) is 4.42 Å². The van der Waals surface area contributed by atoms with Crippen molar-refractivity contribution in [1.82, 2.24) is 10.3 Å². The fourth-order valence-corrected chi connectivity index (χ4v) is 2.03. The Morgan fingerprint density at radius 1 is 1.50 bits per heavy atom. The van der Waals surface area contributed by atoms with E-state index in [1.165, 1.54) is 0 Å². The van der Waals surface area contributed by atoms with Crippen LogP contribution >= 0.6 is 0 Å². The summed E-state index contributed by atoms with van der Waals surface area (Å²) in [5.74, 6) is 0.822. The van der Waals surface area contributed by atoms with Crippen molar-refractivity contribution in [2.24, 2.45) is 0 Å². The summed E-state index contributed by atoms with van der Waals surface area (Å²) in [4.78, 5) is 15.9. The molecule has 0 aliphatic heterocycles. The van der Waals surface area contributed by atoms with E-state index in [2.05, 4.69) is 10.3 Å². The number of oxazole rings is 1. The largest absolute Gasteiger partial charge is 0.441 e. The fourth-order valence-electron chi connectivity index (χ4n) is 2.03. The molecule has 0 bridgehead atoms. The SMILES string of the molecule is Cc1nc2cc(CCC(=O)NC3CC3)ccc2o1. The second-order valence-electron chi connectivity index (χ2n) is 4.88. The first-order chi connectivity index (χ1) is 8.70. The van der Waals surface area contributed by atoms with Gasteiger partial charge in [-0.15, -0.1) is 0 Å². The van der Waals surface area contributed by atoms with Crippen LogP contribution in [0.5, 0.6) is 0 Å². The summed E-state index contributed by atoms with van der Waals surface area (Å²) in [5, 5.41) is 2.99. The Balaban J connectivity index is 1.64. The third kappa shape index (κ3) is 2.53. The summed E-state index contributed by atoms with van der Waals surface area (Å²) >= 11 is 0. The number of aryl methyl sites for hydroxylation is 2. The molecule has 1 amide bonds.